The summed E-state index contributed by atoms with van der Waals surface area (Å²) >= 11 is 3.46. The van der Waals surface area contributed by atoms with Crippen LogP contribution in [0.2, 0.25) is 0 Å². The Balaban J connectivity index is 1.54. The molecule has 22 heavy (non-hydrogen) atoms. The third kappa shape index (κ3) is 3.86. The van der Waals surface area contributed by atoms with Gasteiger partial charge >= 0.3 is 0 Å². The van der Waals surface area contributed by atoms with Crippen LogP contribution in [0.15, 0.2) is 70.7 Å². The molecule has 0 saturated carbocycles. The van der Waals surface area contributed by atoms with Crippen molar-refractivity contribution in [1.29, 1.82) is 0 Å². The summed E-state index contributed by atoms with van der Waals surface area (Å²) in [5, 5.41) is 0. The topological polar surface area (TPSA) is 18.5 Å². The van der Waals surface area contributed by atoms with Gasteiger partial charge in [-0.15, -0.1) is 0 Å². The van der Waals surface area contributed by atoms with E-state index in [4.69, 9.17) is 9.47 Å². The fourth-order valence-electron chi connectivity index (χ4n) is 2.53. The normalized spacial score (nSPS) is 20.9. The van der Waals surface area contributed by atoms with Crippen molar-refractivity contribution in [3.05, 3.63) is 81.8 Å². The SMILES string of the molecule is CC1=CC(c2ccc(Br)cc2)OC1COCc1ccccc1. The lowest BCUT2D eigenvalue weighted by atomic mass is 10.1. The van der Waals surface area contributed by atoms with Gasteiger partial charge in [0.2, 0.25) is 0 Å². The van der Waals surface area contributed by atoms with Crippen molar-refractivity contribution in [1.82, 2.24) is 0 Å². The smallest absolute Gasteiger partial charge is 0.103 e. The maximum absolute atomic E-state index is 6.10. The first-order valence-corrected chi connectivity index (χ1v) is 8.22. The van der Waals surface area contributed by atoms with Crippen LogP contribution in [0.1, 0.15) is 24.2 Å². The summed E-state index contributed by atoms with van der Waals surface area (Å²) in [4.78, 5) is 0. The van der Waals surface area contributed by atoms with Crippen LogP contribution in [0, 0.1) is 0 Å². The van der Waals surface area contributed by atoms with E-state index in [0.717, 1.165) is 4.47 Å². The molecule has 0 bridgehead atoms. The predicted molar refractivity (Wildman–Crippen MR) is 91.6 cm³/mol. The third-order valence-electron chi connectivity index (χ3n) is 3.81. The minimum absolute atomic E-state index is 0.0263. The van der Waals surface area contributed by atoms with Gasteiger partial charge in [0.05, 0.1) is 13.2 Å². The number of benzene rings is 2. The fourth-order valence-corrected chi connectivity index (χ4v) is 2.79. The number of halogens is 1. The van der Waals surface area contributed by atoms with E-state index in [-0.39, 0.29) is 12.2 Å². The molecule has 2 aromatic carbocycles. The maximum Gasteiger partial charge on any atom is 0.103 e. The number of rotatable bonds is 5. The van der Waals surface area contributed by atoms with Crippen LogP contribution in [0.25, 0.3) is 0 Å². The van der Waals surface area contributed by atoms with E-state index in [1.54, 1.807) is 0 Å². The van der Waals surface area contributed by atoms with Crippen molar-refractivity contribution in [2.24, 2.45) is 0 Å². The molecule has 2 aromatic rings. The van der Waals surface area contributed by atoms with Crippen molar-refractivity contribution < 1.29 is 9.47 Å². The van der Waals surface area contributed by atoms with E-state index in [0.29, 0.717) is 13.2 Å². The summed E-state index contributed by atoms with van der Waals surface area (Å²) in [5.41, 5.74) is 3.60. The van der Waals surface area contributed by atoms with Crippen molar-refractivity contribution in [3.63, 3.8) is 0 Å². The molecule has 0 saturated heterocycles. The van der Waals surface area contributed by atoms with Crippen molar-refractivity contribution in [2.75, 3.05) is 6.61 Å². The Morgan fingerprint density at radius 3 is 2.50 bits per heavy atom. The Morgan fingerprint density at radius 2 is 1.77 bits per heavy atom. The Morgan fingerprint density at radius 1 is 1.05 bits per heavy atom. The molecule has 0 amide bonds. The molecule has 1 aliphatic heterocycles. The lowest BCUT2D eigenvalue weighted by molar-refractivity contribution is -0.0126. The molecule has 3 rings (SSSR count). The summed E-state index contributed by atoms with van der Waals surface area (Å²) in [6.07, 6.45) is 2.25. The molecule has 0 aromatic heterocycles. The molecular weight excluding hydrogens is 340 g/mol. The van der Waals surface area contributed by atoms with Crippen molar-refractivity contribution in [3.8, 4) is 0 Å². The van der Waals surface area contributed by atoms with E-state index in [1.165, 1.54) is 16.7 Å². The van der Waals surface area contributed by atoms with Crippen LogP contribution in [0.4, 0.5) is 0 Å². The molecule has 2 unspecified atom stereocenters. The zero-order valence-electron chi connectivity index (χ0n) is 12.5. The van der Waals surface area contributed by atoms with Crippen LogP contribution in [0.5, 0.6) is 0 Å². The summed E-state index contributed by atoms with van der Waals surface area (Å²) in [6, 6.07) is 18.5. The van der Waals surface area contributed by atoms with Gasteiger partial charge in [-0.1, -0.05) is 58.4 Å². The Kier molecular flexibility index (Phi) is 5.08. The molecule has 3 heteroatoms. The lowest BCUT2D eigenvalue weighted by Crippen LogP contribution is -2.17. The molecule has 0 N–H and O–H groups in total. The largest absolute Gasteiger partial charge is 0.374 e. The molecule has 1 aliphatic rings. The first-order chi connectivity index (χ1) is 10.7. The van der Waals surface area contributed by atoms with Crippen LogP contribution in [-0.4, -0.2) is 12.7 Å². The predicted octanol–water partition coefficient (Wildman–Crippen LogP) is 5.05. The molecule has 2 nitrogen and oxygen atoms in total. The van der Waals surface area contributed by atoms with E-state index in [2.05, 4.69) is 53.2 Å². The number of hydrogen-bond acceptors (Lipinski definition) is 2. The lowest BCUT2D eigenvalue weighted by Gasteiger charge is -2.16. The van der Waals surface area contributed by atoms with Crippen molar-refractivity contribution in [2.45, 2.75) is 25.7 Å². The van der Waals surface area contributed by atoms with Gasteiger partial charge in [0.15, 0.2) is 0 Å². The summed E-state index contributed by atoms with van der Waals surface area (Å²) in [7, 11) is 0. The summed E-state index contributed by atoms with van der Waals surface area (Å²) in [6.45, 7) is 3.32. The molecule has 0 radical (unpaired) electrons. The second-order valence-corrected chi connectivity index (χ2v) is 6.42. The zero-order valence-corrected chi connectivity index (χ0v) is 14.1. The first kappa shape index (κ1) is 15.5. The van der Waals surface area contributed by atoms with Gasteiger partial charge < -0.3 is 9.47 Å². The number of hydrogen-bond donors (Lipinski definition) is 0. The number of ether oxygens (including phenoxy) is 2. The highest BCUT2D eigenvalue weighted by Gasteiger charge is 2.25. The second kappa shape index (κ2) is 7.23. The van der Waals surface area contributed by atoms with Gasteiger partial charge in [-0.2, -0.15) is 0 Å². The first-order valence-electron chi connectivity index (χ1n) is 7.43. The zero-order chi connectivity index (χ0) is 15.4. The molecule has 2 atom stereocenters. The van der Waals surface area contributed by atoms with Crippen LogP contribution in [0.3, 0.4) is 0 Å². The highest BCUT2D eigenvalue weighted by atomic mass is 79.9. The standard InChI is InChI=1S/C19H19BrO2/c1-14-11-18(16-7-9-17(20)10-8-16)22-19(14)13-21-12-15-5-3-2-4-6-15/h2-11,18-19H,12-13H2,1H3. The van der Waals surface area contributed by atoms with Gasteiger partial charge in [-0.3, -0.25) is 0 Å². The van der Waals surface area contributed by atoms with Crippen LogP contribution < -0.4 is 0 Å². The molecule has 1 heterocycles. The van der Waals surface area contributed by atoms with Crippen LogP contribution in [-0.2, 0) is 16.1 Å². The van der Waals surface area contributed by atoms with Gasteiger partial charge in [-0.25, -0.2) is 0 Å². The maximum atomic E-state index is 6.10. The van der Waals surface area contributed by atoms with Crippen LogP contribution >= 0.6 is 15.9 Å². The molecule has 0 aliphatic carbocycles. The Labute approximate surface area is 139 Å². The minimum atomic E-state index is 0.0263. The second-order valence-electron chi connectivity index (χ2n) is 5.51. The third-order valence-corrected chi connectivity index (χ3v) is 4.34. The Bertz CT molecular complexity index is 634. The average Bonchev–Trinajstić information content (AvgIpc) is 2.90. The molecule has 0 spiro atoms. The van der Waals surface area contributed by atoms with Crippen molar-refractivity contribution >= 4 is 15.9 Å². The van der Waals surface area contributed by atoms with Gasteiger partial charge in [-0.05, 0) is 41.8 Å². The quantitative estimate of drug-likeness (QED) is 0.696. The minimum Gasteiger partial charge on any atom is -0.374 e. The van der Waals surface area contributed by atoms with Gasteiger partial charge in [0.1, 0.15) is 12.2 Å². The van der Waals surface area contributed by atoms with E-state index in [9.17, 15) is 0 Å². The fraction of sp³-hybridized carbons (Fsp3) is 0.263. The molecular formula is C19H19BrO2. The monoisotopic (exact) mass is 358 g/mol. The molecule has 114 valence electrons. The summed E-state index contributed by atoms with van der Waals surface area (Å²) in [5.74, 6) is 0. The molecule has 0 fully saturated rings. The highest BCUT2D eigenvalue weighted by molar-refractivity contribution is 9.10. The van der Waals surface area contributed by atoms with E-state index < -0.39 is 0 Å². The van der Waals surface area contributed by atoms with E-state index >= 15 is 0 Å². The Hall–Kier alpha value is -1.42. The van der Waals surface area contributed by atoms with E-state index in [1.807, 2.05) is 30.3 Å². The highest BCUT2D eigenvalue weighted by Crippen LogP contribution is 2.31. The summed E-state index contributed by atoms with van der Waals surface area (Å²) < 4.78 is 13.0. The van der Waals surface area contributed by atoms with Gasteiger partial charge in [0, 0.05) is 4.47 Å². The van der Waals surface area contributed by atoms with Gasteiger partial charge in [0.25, 0.3) is 0 Å². The average molecular weight is 359 g/mol.